The standard InChI is InChI=1S/C19H20N2O5/c1-13(8-9-18(23)24)21-19(25)15-6-4-7-17(16(15)12-22)20-11-14-5-2-3-10-26-14/h2,4-7,10,12-13,20H,8-9,11H2,1H3,(H,21,25)(H,23,24). The van der Waals surface area contributed by atoms with Crippen molar-refractivity contribution < 1.29 is 24.2 Å². The number of benzene rings is 1. The highest BCUT2D eigenvalue weighted by molar-refractivity contribution is 6.04. The number of ether oxygens (including phenoxy) is 1. The molecule has 1 atom stereocenters. The summed E-state index contributed by atoms with van der Waals surface area (Å²) in [6, 6.07) is 4.59. The predicted molar refractivity (Wildman–Crippen MR) is 95.9 cm³/mol. The molecule has 0 bridgehead atoms. The van der Waals surface area contributed by atoms with Crippen LogP contribution in [0.25, 0.3) is 0 Å². The number of allylic oxidation sites excluding steroid dienone is 2. The van der Waals surface area contributed by atoms with Crippen molar-refractivity contribution in [2.45, 2.75) is 25.8 Å². The van der Waals surface area contributed by atoms with Gasteiger partial charge in [0.25, 0.3) is 5.91 Å². The number of amides is 1. The van der Waals surface area contributed by atoms with Gasteiger partial charge in [-0.3, -0.25) is 14.4 Å². The highest BCUT2D eigenvalue weighted by Crippen LogP contribution is 2.19. The molecule has 1 aromatic rings. The Hall–Kier alpha value is -3.31. The Morgan fingerprint density at radius 3 is 2.85 bits per heavy atom. The van der Waals surface area contributed by atoms with Crippen LogP contribution in [0.15, 0.2) is 48.1 Å². The lowest BCUT2D eigenvalue weighted by atomic mass is 10.0. The summed E-state index contributed by atoms with van der Waals surface area (Å²) >= 11 is 0. The molecule has 26 heavy (non-hydrogen) atoms. The number of carbonyl (C=O) groups is 3. The van der Waals surface area contributed by atoms with E-state index in [0.29, 0.717) is 30.7 Å². The van der Waals surface area contributed by atoms with Crippen molar-refractivity contribution in [1.82, 2.24) is 5.32 Å². The fraction of sp³-hybridized carbons (Fsp3) is 0.263. The van der Waals surface area contributed by atoms with Crippen LogP contribution in [0, 0.1) is 0 Å². The smallest absolute Gasteiger partial charge is 0.303 e. The lowest BCUT2D eigenvalue weighted by Gasteiger charge is -2.16. The molecule has 0 aromatic heterocycles. The van der Waals surface area contributed by atoms with Crippen molar-refractivity contribution in [2.24, 2.45) is 0 Å². The van der Waals surface area contributed by atoms with Crippen molar-refractivity contribution in [3.8, 4) is 0 Å². The molecule has 0 fully saturated rings. The van der Waals surface area contributed by atoms with Gasteiger partial charge in [-0.25, -0.2) is 0 Å². The number of hydrogen-bond acceptors (Lipinski definition) is 5. The molecule has 1 heterocycles. The van der Waals surface area contributed by atoms with Gasteiger partial charge in [-0.1, -0.05) is 11.8 Å². The third kappa shape index (κ3) is 5.36. The first-order valence-corrected chi connectivity index (χ1v) is 8.12. The van der Waals surface area contributed by atoms with Gasteiger partial charge < -0.3 is 20.5 Å². The normalized spacial score (nSPS) is 13.3. The Balaban J connectivity index is 2.07. The van der Waals surface area contributed by atoms with E-state index in [2.05, 4.69) is 16.4 Å². The molecule has 3 N–H and O–H groups in total. The van der Waals surface area contributed by atoms with E-state index >= 15 is 0 Å². The second-order valence-corrected chi connectivity index (χ2v) is 5.75. The molecule has 1 aromatic carbocycles. The summed E-state index contributed by atoms with van der Waals surface area (Å²) in [6.45, 7) is 2.06. The van der Waals surface area contributed by atoms with E-state index in [9.17, 15) is 14.4 Å². The number of carbonyl (C=O) groups excluding carboxylic acids is 2. The minimum Gasteiger partial charge on any atom is -0.481 e. The third-order valence-corrected chi connectivity index (χ3v) is 3.73. The number of nitrogens with one attached hydrogen (secondary N) is 2. The van der Waals surface area contributed by atoms with Crippen molar-refractivity contribution in [3.05, 3.63) is 59.2 Å². The van der Waals surface area contributed by atoms with Gasteiger partial charge in [0.2, 0.25) is 0 Å². The Kier molecular flexibility index (Phi) is 6.76. The van der Waals surface area contributed by atoms with Gasteiger partial charge in [0, 0.05) is 18.2 Å². The fourth-order valence-electron chi connectivity index (χ4n) is 2.37. The minimum absolute atomic E-state index is 0.0401. The molecule has 1 aliphatic heterocycles. The maximum Gasteiger partial charge on any atom is 0.303 e. The van der Waals surface area contributed by atoms with E-state index in [1.54, 1.807) is 37.3 Å². The summed E-state index contributed by atoms with van der Waals surface area (Å²) in [6.07, 6.45) is 5.77. The molecular weight excluding hydrogens is 336 g/mol. The first-order valence-electron chi connectivity index (χ1n) is 8.12. The Morgan fingerprint density at radius 1 is 1.38 bits per heavy atom. The van der Waals surface area contributed by atoms with Gasteiger partial charge in [0.1, 0.15) is 12.0 Å². The number of rotatable bonds is 9. The molecule has 7 nitrogen and oxygen atoms in total. The summed E-state index contributed by atoms with van der Waals surface area (Å²) in [5.41, 5.74) is 3.74. The van der Waals surface area contributed by atoms with Crippen LogP contribution in [-0.4, -0.2) is 35.9 Å². The lowest BCUT2D eigenvalue weighted by Crippen LogP contribution is -2.33. The quantitative estimate of drug-likeness (QED) is 0.464. The van der Waals surface area contributed by atoms with Crippen LogP contribution in [0.4, 0.5) is 5.69 Å². The Morgan fingerprint density at radius 2 is 2.19 bits per heavy atom. The van der Waals surface area contributed by atoms with E-state index in [1.807, 2.05) is 0 Å². The first kappa shape index (κ1) is 19.0. The van der Waals surface area contributed by atoms with Crippen molar-refractivity contribution in [1.29, 1.82) is 0 Å². The van der Waals surface area contributed by atoms with Crippen LogP contribution in [0.1, 0.15) is 40.5 Å². The van der Waals surface area contributed by atoms with E-state index in [-0.39, 0.29) is 23.6 Å². The number of anilines is 1. The molecular formula is C19H20N2O5. The van der Waals surface area contributed by atoms with Crippen LogP contribution in [-0.2, 0) is 9.53 Å². The van der Waals surface area contributed by atoms with Crippen LogP contribution < -0.4 is 10.6 Å². The summed E-state index contributed by atoms with van der Waals surface area (Å²) in [5, 5.41) is 14.5. The van der Waals surface area contributed by atoms with Gasteiger partial charge in [0.15, 0.2) is 6.29 Å². The number of aliphatic carboxylic acids is 1. The molecule has 0 saturated heterocycles. The van der Waals surface area contributed by atoms with Gasteiger partial charge in [0.05, 0.1) is 17.7 Å². The highest BCUT2D eigenvalue weighted by Gasteiger charge is 2.17. The van der Waals surface area contributed by atoms with Crippen LogP contribution in [0.5, 0.6) is 0 Å². The molecule has 0 aliphatic carbocycles. The SMILES string of the molecule is CC(CCC(=O)O)NC(=O)c1cccc(NCC2=CC=C=CO2)c1C=O. The average Bonchev–Trinajstić information content (AvgIpc) is 2.65. The monoisotopic (exact) mass is 356 g/mol. The molecule has 1 amide bonds. The Labute approximate surface area is 151 Å². The zero-order chi connectivity index (χ0) is 18.9. The number of carboxylic acids is 1. The number of aldehydes is 1. The van der Waals surface area contributed by atoms with E-state index in [1.165, 1.54) is 6.26 Å². The Bertz CT molecular complexity index is 791. The van der Waals surface area contributed by atoms with Gasteiger partial charge in [-0.2, -0.15) is 0 Å². The fourth-order valence-corrected chi connectivity index (χ4v) is 2.37. The molecule has 1 aliphatic rings. The lowest BCUT2D eigenvalue weighted by molar-refractivity contribution is -0.137. The van der Waals surface area contributed by atoms with Crippen molar-refractivity contribution >= 4 is 23.9 Å². The summed E-state index contributed by atoms with van der Waals surface area (Å²) in [5.74, 6) is -0.694. The van der Waals surface area contributed by atoms with Gasteiger partial charge >= 0.3 is 5.97 Å². The maximum absolute atomic E-state index is 12.4. The van der Waals surface area contributed by atoms with E-state index in [0.717, 1.165) is 0 Å². The number of carboxylic acid groups (broad SMARTS) is 1. The zero-order valence-electron chi connectivity index (χ0n) is 14.3. The topological polar surface area (TPSA) is 105 Å². The molecule has 7 heteroatoms. The van der Waals surface area contributed by atoms with Crippen molar-refractivity contribution in [3.63, 3.8) is 0 Å². The van der Waals surface area contributed by atoms with Crippen LogP contribution in [0.3, 0.4) is 0 Å². The molecule has 1 unspecified atom stereocenters. The zero-order valence-corrected chi connectivity index (χ0v) is 14.3. The third-order valence-electron chi connectivity index (χ3n) is 3.73. The molecule has 0 radical (unpaired) electrons. The largest absolute Gasteiger partial charge is 0.481 e. The molecule has 0 spiro atoms. The van der Waals surface area contributed by atoms with Gasteiger partial charge in [-0.15, -0.1) is 0 Å². The summed E-state index contributed by atoms with van der Waals surface area (Å²) in [4.78, 5) is 34.6. The summed E-state index contributed by atoms with van der Waals surface area (Å²) < 4.78 is 5.27. The van der Waals surface area contributed by atoms with Crippen molar-refractivity contribution in [2.75, 3.05) is 11.9 Å². The summed E-state index contributed by atoms with van der Waals surface area (Å²) in [7, 11) is 0. The molecule has 0 saturated carbocycles. The minimum atomic E-state index is -0.921. The molecule has 2 rings (SSSR count). The first-order chi connectivity index (χ1) is 12.5. The highest BCUT2D eigenvalue weighted by atomic mass is 16.5. The molecule has 136 valence electrons. The maximum atomic E-state index is 12.4. The average molecular weight is 356 g/mol. The van der Waals surface area contributed by atoms with Crippen LogP contribution >= 0.6 is 0 Å². The number of hydrogen-bond donors (Lipinski definition) is 3. The van der Waals surface area contributed by atoms with E-state index < -0.39 is 11.9 Å². The van der Waals surface area contributed by atoms with Gasteiger partial charge in [-0.05, 0) is 37.6 Å². The second kappa shape index (κ2) is 9.25. The second-order valence-electron chi connectivity index (χ2n) is 5.75. The van der Waals surface area contributed by atoms with Crippen LogP contribution in [0.2, 0.25) is 0 Å². The van der Waals surface area contributed by atoms with E-state index in [4.69, 9.17) is 9.84 Å². The predicted octanol–water partition coefficient (Wildman–Crippen LogP) is 2.48.